The van der Waals surface area contributed by atoms with Crippen LogP contribution in [0.4, 0.5) is 4.79 Å². The largest absolute Gasteiger partial charge is 0.480 e. The molecular formula is C15H21NO5. The van der Waals surface area contributed by atoms with E-state index in [9.17, 15) is 9.59 Å². The van der Waals surface area contributed by atoms with Gasteiger partial charge in [-0.3, -0.25) is 0 Å². The van der Waals surface area contributed by atoms with Crippen LogP contribution in [0.5, 0.6) is 0 Å². The highest BCUT2D eigenvalue weighted by Gasteiger charge is 2.28. The van der Waals surface area contributed by atoms with E-state index in [1.165, 1.54) is 0 Å². The minimum atomic E-state index is -1.17. The van der Waals surface area contributed by atoms with Crippen LogP contribution >= 0.6 is 0 Å². The monoisotopic (exact) mass is 295 g/mol. The summed E-state index contributed by atoms with van der Waals surface area (Å²) in [4.78, 5) is 22.9. The van der Waals surface area contributed by atoms with Gasteiger partial charge in [-0.2, -0.15) is 0 Å². The van der Waals surface area contributed by atoms with Gasteiger partial charge in [-0.05, 0) is 26.3 Å². The fourth-order valence-electron chi connectivity index (χ4n) is 1.78. The average Bonchev–Trinajstić information content (AvgIpc) is 2.42. The van der Waals surface area contributed by atoms with Gasteiger partial charge in [-0.1, -0.05) is 30.3 Å². The molecule has 0 fully saturated rings. The van der Waals surface area contributed by atoms with Crippen LogP contribution in [0.15, 0.2) is 30.3 Å². The third-order valence-corrected chi connectivity index (χ3v) is 2.71. The van der Waals surface area contributed by atoms with E-state index in [-0.39, 0.29) is 12.7 Å². The molecule has 0 aliphatic heterocycles. The molecule has 0 radical (unpaired) electrons. The fraction of sp³-hybridized carbons (Fsp3) is 0.467. The van der Waals surface area contributed by atoms with Gasteiger partial charge in [0.2, 0.25) is 0 Å². The van der Waals surface area contributed by atoms with Crippen molar-refractivity contribution in [3.63, 3.8) is 0 Å². The Kier molecular flexibility index (Phi) is 6.68. The minimum absolute atomic E-state index is 0.0818. The van der Waals surface area contributed by atoms with Crippen LogP contribution in [0.3, 0.4) is 0 Å². The molecule has 2 unspecified atom stereocenters. The molecule has 0 bridgehead atoms. The molecule has 0 aliphatic carbocycles. The van der Waals surface area contributed by atoms with E-state index < -0.39 is 24.2 Å². The van der Waals surface area contributed by atoms with Gasteiger partial charge in [0.05, 0.1) is 12.2 Å². The van der Waals surface area contributed by atoms with Crippen LogP contribution in [0.2, 0.25) is 0 Å². The molecule has 0 aromatic heterocycles. The molecule has 1 amide bonds. The number of carbonyl (C=O) groups excluding carboxylic acids is 1. The third kappa shape index (κ3) is 6.27. The van der Waals surface area contributed by atoms with Crippen molar-refractivity contribution < 1.29 is 24.2 Å². The first-order valence-corrected chi connectivity index (χ1v) is 6.75. The van der Waals surface area contributed by atoms with Crippen molar-refractivity contribution in [2.24, 2.45) is 0 Å². The second kappa shape index (κ2) is 8.26. The summed E-state index contributed by atoms with van der Waals surface area (Å²) in [7, 11) is 0. The standard InChI is InChI=1S/C15H21NO5/c1-10(2)21-11(3)13(14(17)18)16-15(19)20-9-12-7-5-4-6-8-12/h4-8,10-11,13H,9H2,1-3H3,(H,16,19)(H,17,18). The van der Waals surface area contributed by atoms with Gasteiger partial charge in [0, 0.05) is 0 Å². The molecule has 6 nitrogen and oxygen atoms in total. The second-order valence-corrected chi connectivity index (χ2v) is 4.91. The Morgan fingerprint density at radius 3 is 2.33 bits per heavy atom. The first kappa shape index (κ1) is 17.0. The Morgan fingerprint density at radius 1 is 1.19 bits per heavy atom. The van der Waals surface area contributed by atoms with Crippen LogP contribution in [-0.2, 0) is 20.9 Å². The summed E-state index contributed by atoms with van der Waals surface area (Å²) in [6.07, 6.45) is -1.58. The van der Waals surface area contributed by atoms with Crippen molar-refractivity contribution in [1.29, 1.82) is 0 Å². The molecule has 1 rings (SSSR count). The molecule has 2 atom stereocenters. The normalized spacial score (nSPS) is 13.5. The molecule has 0 aliphatic rings. The number of ether oxygens (including phenoxy) is 2. The predicted molar refractivity (Wildman–Crippen MR) is 76.9 cm³/mol. The Morgan fingerprint density at radius 2 is 1.81 bits per heavy atom. The number of aliphatic carboxylic acids is 1. The van der Waals surface area contributed by atoms with Gasteiger partial charge in [-0.15, -0.1) is 0 Å². The Labute approximate surface area is 124 Å². The zero-order valence-corrected chi connectivity index (χ0v) is 12.4. The van der Waals surface area contributed by atoms with E-state index in [2.05, 4.69) is 5.32 Å². The van der Waals surface area contributed by atoms with Crippen LogP contribution in [0.1, 0.15) is 26.3 Å². The molecule has 2 N–H and O–H groups in total. The van der Waals surface area contributed by atoms with Crippen molar-refractivity contribution in [3.05, 3.63) is 35.9 Å². The van der Waals surface area contributed by atoms with E-state index >= 15 is 0 Å². The van der Waals surface area contributed by atoms with Crippen LogP contribution in [0.25, 0.3) is 0 Å². The highest BCUT2D eigenvalue weighted by atomic mass is 16.6. The minimum Gasteiger partial charge on any atom is -0.480 e. The predicted octanol–water partition coefficient (Wildman–Crippen LogP) is 2.18. The summed E-state index contributed by atoms with van der Waals surface area (Å²) in [5.41, 5.74) is 0.825. The summed E-state index contributed by atoms with van der Waals surface area (Å²) in [6.45, 7) is 5.26. The second-order valence-electron chi connectivity index (χ2n) is 4.91. The van der Waals surface area contributed by atoms with E-state index in [1.54, 1.807) is 20.8 Å². The fourth-order valence-corrected chi connectivity index (χ4v) is 1.78. The molecule has 0 saturated heterocycles. The van der Waals surface area contributed by atoms with E-state index in [0.29, 0.717) is 0 Å². The van der Waals surface area contributed by atoms with Gasteiger partial charge in [-0.25, -0.2) is 9.59 Å². The smallest absolute Gasteiger partial charge is 0.408 e. The number of amides is 1. The molecule has 116 valence electrons. The lowest BCUT2D eigenvalue weighted by atomic mass is 10.2. The van der Waals surface area contributed by atoms with Crippen LogP contribution in [0, 0.1) is 0 Å². The molecule has 6 heteroatoms. The number of carboxylic acid groups (broad SMARTS) is 1. The topological polar surface area (TPSA) is 84.9 Å². The Hall–Kier alpha value is -2.08. The highest BCUT2D eigenvalue weighted by molar-refractivity contribution is 5.80. The zero-order chi connectivity index (χ0) is 15.8. The average molecular weight is 295 g/mol. The summed E-state index contributed by atoms with van der Waals surface area (Å²) >= 11 is 0. The lowest BCUT2D eigenvalue weighted by Crippen LogP contribution is -2.49. The quantitative estimate of drug-likeness (QED) is 0.805. The maximum absolute atomic E-state index is 11.7. The third-order valence-electron chi connectivity index (χ3n) is 2.71. The Balaban J connectivity index is 2.51. The molecule has 1 aromatic rings. The van der Waals surface area contributed by atoms with E-state index in [4.69, 9.17) is 14.6 Å². The molecule has 0 saturated carbocycles. The van der Waals surface area contributed by atoms with Gasteiger partial charge in [0.15, 0.2) is 6.04 Å². The highest BCUT2D eigenvalue weighted by Crippen LogP contribution is 2.05. The first-order valence-electron chi connectivity index (χ1n) is 6.75. The number of alkyl carbamates (subject to hydrolysis) is 1. The summed E-state index contributed by atoms with van der Waals surface area (Å²) < 4.78 is 10.4. The number of carbonyl (C=O) groups is 2. The molecular weight excluding hydrogens is 274 g/mol. The number of nitrogens with one attached hydrogen (secondary N) is 1. The lowest BCUT2D eigenvalue weighted by Gasteiger charge is -2.23. The molecule has 21 heavy (non-hydrogen) atoms. The van der Waals surface area contributed by atoms with Gasteiger partial charge in [0.25, 0.3) is 0 Å². The van der Waals surface area contributed by atoms with Crippen LogP contribution in [-0.4, -0.2) is 35.4 Å². The summed E-state index contributed by atoms with van der Waals surface area (Å²) in [5.74, 6) is -1.17. The molecule has 1 aromatic carbocycles. The zero-order valence-electron chi connectivity index (χ0n) is 12.4. The van der Waals surface area contributed by atoms with Crippen molar-refractivity contribution in [1.82, 2.24) is 5.32 Å². The van der Waals surface area contributed by atoms with Crippen molar-refractivity contribution >= 4 is 12.1 Å². The van der Waals surface area contributed by atoms with E-state index in [0.717, 1.165) is 5.56 Å². The van der Waals surface area contributed by atoms with Crippen molar-refractivity contribution in [3.8, 4) is 0 Å². The summed E-state index contributed by atoms with van der Waals surface area (Å²) in [5, 5.41) is 11.4. The number of carboxylic acids is 1. The molecule has 0 heterocycles. The number of benzene rings is 1. The van der Waals surface area contributed by atoms with Crippen LogP contribution < -0.4 is 5.32 Å². The first-order chi connectivity index (χ1) is 9.90. The SMILES string of the molecule is CC(C)OC(C)C(NC(=O)OCc1ccccc1)C(=O)O. The Bertz CT molecular complexity index is 460. The van der Waals surface area contributed by atoms with Gasteiger partial charge < -0.3 is 19.9 Å². The lowest BCUT2D eigenvalue weighted by molar-refractivity contribution is -0.144. The van der Waals surface area contributed by atoms with Crippen molar-refractivity contribution in [2.45, 2.75) is 45.6 Å². The molecule has 0 spiro atoms. The maximum atomic E-state index is 11.7. The number of hydrogen-bond acceptors (Lipinski definition) is 4. The van der Waals surface area contributed by atoms with E-state index in [1.807, 2.05) is 30.3 Å². The van der Waals surface area contributed by atoms with Crippen molar-refractivity contribution in [2.75, 3.05) is 0 Å². The maximum Gasteiger partial charge on any atom is 0.408 e. The number of rotatable bonds is 7. The number of hydrogen-bond donors (Lipinski definition) is 2. The summed E-state index contributed by atoms with van der Waals surface area (Å²) in [6, 6.07) is 7.98. The van der Waals surface area contributed by atoms with Gasteiger partial charge >= 0.3 is 12.1 Å². The van der Waals surface area contributed by atoms with Gasteiger partial charge in [0.1, 0.15) is 6.61 Å².